The van der Waals surface area contributed by atoms with Gasteiger partial charge in [0.15, 0.2) is 0 Å². The molecule has 0 saturated heterocycles. The average Bonchev–Trinajstić information content (AvgIpc) is 2.94. The van der Waals surface area contributed by atoms with Gasteiger partial charge in [0.05, 0.1) is 11.4 Å². The van der Waals surface area contributed by atoms with Gasteiger partial charge in [-0.2, -0.15) is 0 Å². The third kappa shape index (κ3) is 2.94. The molecule has 2 rings (SSSR count). The van der Waals surface area contributed by atoms with E-state index in [0.29, 0.717) is 6.54 Å². The number of nitrogens with one attached hydrogen (secondary N) is 1. The zero-order valence-corrected chi connectivity index (χ0v) is 10.6. The molecule has 0 bridgehead atoms. The van der Waals surface area contributed by atoms with Crippen molar-refractivity contribution in [2.75, 3.05) is 0 Å². The Bertz CT molecular complexity index is 516. The lowest BCUT2D eigenvalue weighted by molar-refractivity contribution is 0.0954. The Balaban J connectivity index is 1.93. The summed E-state index contributed by atoms with van der Waals surface area (Å²) in [6, 6.07) is 5.65. The quantitative estimate of drug-likeness (QED) is 0.907. The molecular weight excluding hydrogens is 236 g/mol. The fraction of sp³-hybridized carbons (Fsp3) is 0.333. The monoisotopic (exact) mass is 250 g/mol. The number of thiophene rings is 1. The second-order valence-electron chi connectivity index (χ2n) is 3.73. The van der Waals surface area contributed by atoms with E-state index < -0.39 is 0 Å². The fourth-order valence-corrected chi connectivity index (χ4v) is 2.31. The number of hydrogen-bond donors (Lipinski definition) is 1. The molecule has 1 amide bonds. The van der Waals surface area contributed by atoms with Crippen molar-refractivity contribution in [2.24, 2.45) is 0 Å². The highest BCUT2D eigenvalue weighted by molar-refractivity contribution is 7.14. The molecule has 2 heterocycles. The lowest BCUT2D eigenvalue weighted by atomic mass is 10.3. The van der Waals surface area contributed by atoms with Crippen molar-refractivity contribution in [3.05, 3.63) is 39.4 Å². The first-order valence-electron chi connectivity index (χ1n) is 5.48. The molecule has 4 nitrogen and oxygen atoms in total. The summed E-state index contributed by atoms with van der Waals surface area (Å²) in [6.07, 6.45) is 0.959. The van der Waals surface area contributed by atoms with Gasteiger partial charge in [-0.25, -0.2) is 0 Å². The van der Waals surface area contributed by atoms with Crippen LogP contribution in [0, 0.1) is 6.92 Å². The van der Waals surface area contributed by atoms with E-state index >= 15 is 0 Å². The third-order valence-electron chi connectivity index (χ3n) is 2.34. The molecule has 0 saturated carbocycles. The molecule has 17 heavy (non-hydrogen) atoms. The van der Waals surface area contributed by atoms with Crippen LogP contribution >= 0.6 is 11.3 Å². The number of nitrogens with zero attached hydrogens (tertiary/aromatic N) is 1. The molecule has 0 unspecified atom stereocenters. The maximum atomic E-state index is 11.8. The molecule has 0 aliphatic rings. The van der Waals surface area contributed by atoms with Crippen molar-refractivity contribution in [3.8, 4) is 0 Å². The Kier molecular flexibility index (Phi) is 3.58. The van der Waals surface area contributed by atoms with E-state index in [9.17, 15) is 4.79 Å². The van der Waals surface area contributed by atoms with E-state index in [2.05, 4.69) is 17.4 Å². The van der Waals surface area contributed by atoms with Crippen LogP contribution in [0.15, 0.2) is 22.7 Å². The van der Waals surface area contributed by atoms with Crippen LogP contribution in [-0.2, 0) is 13.0 Å². The van der Waals surface area contributed by atoms with E-state index in [0.717, 1.165) is 22.8 Å². The Morgan fingerprint density at radius 2 is 2.35 bits per heavy atom. The van der Waals surface area contributed by atoms with Gasteiger partial charge in [0.25, 0.3) is 5.91 Å². The summed E-state index contributed by atoms with van der Waals surface area (Å²) in [5.41, 5.74) is 0.739. The number of rotatable bonds is 4. The first-order chi connectivity index (χ1) is 8.19. The summed E-state index contributed by atoms with van der Waals surface area (Å²) in [4.78, 5) is 13.7. The molecule has 0 aromatic carbocycles. The fourth-order valence-electron chi connectivity index (χ4n) is 1.45. The van der Waals surface area contributed by atoms with Gasteiger partial charge >= 0.3 is 0 Å². The van der Waals surface area contributed by atoms with Gasteiger partial charge in [-0.1, -0.05) is 12.1 Å². The molecule has 0 fully saturated rings. The Morgan fingerprint density at radius 3 is 2.94 bits per heavy atom. The lowest BCUT2D eigenvalue weighted by Gasteiger charge is -1.99. The van der Waals surface area contributed by atoms with Crippen molar-refractivity contribution in [1.29, 1.82) is 0 Å². The molecule has 0 aliphatic heterocycles. The Hall–Kier alpha value is -1.62. The predicted octanol–water partition coefficient (Wildman–Crippen LogP) is 2.54. The highest BCUT2D eigenvalue weighted by Crippen LogP contribution is 2.16. The summed E-state index contributed by atoms with van der Waals surface area (Å²) in [5, 5.41) is 6.63. The van der Waals surface area contributed by atoms with Gasteiger partial charge in [-0.3, -0.25) is 4.79 Å². The second-order valence-corrected chi connectivity index (χ2v) is 4.90. The van der Waals surface area contributed by atoms with Gasteiger partial charge in [0, 0.05) is 10.9 Å². The molecule has 0 radical (unpaired) electrons. The van der Waals surface area contributed by atoms with Gasteiger partial charge in [-0.05, 0) is 25.5 Å². The summed E-state index contributed by atoms with van der Waals surface area (Å²) >= 11 is 1.53. The second kappa shape index (κ2) is 5.14. The number of hydrogen-bond acceptors (Lipinski definition) is 4. The van der Waals surface area contributed by atoms with Crippen molar-refractivity contribution in [2.45, 2.75) is 26.8 Å². The molecule has 90 valence electrons. The van der Waals surface area contributed by atoms with Crippen LogP contribution < -0.4 is 5.32 Å². The van der Waals surface area contributed by atoms with Crippen LogP contribution in [0.1, 0.15) is 32.9 Å². The summed E-state index contributed by atoms with van der Waals surface area (Å²) in [7, 11) is 0. The maximum Gasteiger partial charge on any atom is 0.261 e. The summed E-state index contributed by atoms with van der Waals surface area (Å²) in [5.74, 6) is 0.689. The van der Waals surface area contributed by atoms with Crippen molar-refractivity contribution in [1.82, 2.24) is 10.5 Å². The van der Waals surface area contributed by atoms with Crippen LogP contribution in [0.25, 0.3) is 0 Å². The van der Waals surface area contributed by atoms with Gasteiger partial charge in [0.1, 0.15) is 11.5 Å². The first-order valence-corrected chi connectivity index (χ1v) is 6.29. The van der Waals surface area contributed by atoms with E-state index in [-0.39, 0.29) is 5.91 Å². The van der Waals surface area contributed by atoms with Gasteiger partial charge in [-0.15, -0.1) is 11.3 Å². The van der Waals surface area contributed by atoms with Crippen molar-refractivity contribution < 1.29 is 9.32 Å². The van der Waals surface area contributed by atoms with E-state index in [1.807, 2.05) is 25.1 Å². The molecule has 0 atom stereocenters. The van der Waals surface area contributed by atoms with Crippen LogP contribution in [0.4, 0.5) is 0 Å². The standard InChI is InChI=1S/C12H14N2O2S/c1-3-10-4-5-11(17-10)12(15)13-7-9-6-8(2)16-14-9/h4-6H,3,7H2,1-2H3,(H,13,15). The number of amides is 1. The van der Waals surface area contributed by atoms with E-state index in [1.165, 1.54) is 16.2 Å². The molecule has 0 aliphatic carbocycles. The molecule has 5 heteroatoms. The maximum absolute atomic E-state index is 11.8. The van der Waals surface area contributed by atoms with E-state index in [1.54, 1.807) is 0 Å². The van der Waals surface area contributed by atoms with Gasteiger partial charge in [0.2, 0.25) is 0 Å². The van der Waals surface area contributed by atoms with Crippen LogP contribution in [0.3, 0.4) is 0 Å². The zero-order chi connectivity index (χ0) is 12.3. The minimum absolute atomic E-state index is 0.0599. The normalized spacial score (nSPS) is 10.5. The largest absolute Gasteiger partial charge is 0.361 e. The predicted molar refractivity (Wildman–Crippen MR) is 66.1 cm³/mol. The summed E-state index contributed by atoms with van der Waals surface area (Å²) in [6.45, 7) is 4.30. The highest BCUT2D eigenvalue weighted by atomic mass is 32.1. The number of carbonyl (C=O) groups excluding carboxylic acids is 1. The minimum Gasteiger partial charge on any atom is -0.361 e. The van der Waals surface area contributed by atoms with E-state index in [4.69, 9.17) is 4.52 Å². The summed E-state index contributed by atoms with van der Waals surface area (Å²) < 4.78 is 4.93. The average molecular weight is 250 g/mol. The third-order valence-corrected chi connectivity index (χ3v) is 3.57. The molecule has 2 aromatic heterocycles. The lowest BCUT2D eigenvalue weighted by Crippen LogP contribution is -2.21. The Labute approximate surface area is 104 Å². The number of aromatic nitrogens is 1. The smallest absolute Gasteiger partial charge is 0.261 e. The zero-order valence-electron chi connectivity index (χ0n) is 9.82. The van der Waals surface area contributed by atoms with Crippen LogP contribution in [0.5, 0.6) is 0 Å². The number of aryl methyl sites for hydroxylation is 2. The van der Waals surface area contributed by atoms with Crippen molar-refractivity contribution in [3.63, 3.8) is 0 Å². The van der Waals surface area contributed by atoms with Crippen LogP contribution in [-0.4, -0.2) is 11.1 Å². The number of carbonyl (C=O) groups is 1. The van der Waals surface area contributed by atoms with Gasteiger partial charge < -0.3 is 9.84 Å². The minimum atomic E-state index is -0.0599. The molecule has 1 N–H and O–H groups in total. The molecule has 2 aromatic rings. The topological polar surface area (TPSA) is 55.1 Å². The van der Waals surface area contributed by atoms with Crippen LogP contribution in [0.2, 0.25) is 0 Å². The highest BCUT2D eigenvalue weighted by Gasteiger charge is 2.09. The first kappa shape index (κ1) is 11.9. The SMILES string of the molecule is CCc1ccc(C(=O)NCc2cc(C)on2)s1. The molecular formula is C12H14N2O2S. The molecule has 0 spiro atoms. The van der Waals surface area contributed by atoms with Crippen molar-refractivity contribution >= 4 is 17.2 Å². The Morgan fingerprint density at radius 1 is 1.53 bits per heavy atom.